The second-order valence-electron chi connectivity index (χ2n) is 3.36. The SMILES string of the molecule is CC(Nc1ccc(F)cc1I)c1nccs1. The number of nitrogens with zero attached hydrogens (tertiary/aromatic N) is 1. The summed E-state index contributed by atoms with van der Waals surface area (Å²) in [6, 6.07) is 4.86. The Bertz CT molecular complexity index is 473. The first kappa shape index (κ1) is 11.8. The molecule has 0 radical (unpaired) electrons. The highest BCUT2D eigenvalue weighted by Crippen LogP contribution is 2.25. The van der Waals surface area contributed by atoms with Gasteiger partial charge in [-0.3, -0.25) is 0 Å². The summed E-state index contributed by atoms with van der Waals surface area (Å²) in [6.07, 6.45) is 1.79. The van der Waals surface area contributed by atoms with Crippen LogP contribution in [0, 0.1) is 9.39 Å². The van der Waals surface area contributed by atoms with Crippen LogP contribution >= 0.6 is 33.9 Å². The molecule has 0 aliphatic carbocycles. The van der Waals surface area contributed by atoms with E-state index in [0.717, 1.165) is 14.3 Å². The second kappa shape index (κ2) is 5.09. The van der Waals surface area contributed by atoms with E-state index in [2.05, 4.69) is 32.9 Å². The summed E-state index contributed by atoms with van der Waals surface area (Å²) < 4.78 is 13.8. The molecule has 16 heavy (non-hydrogen) atoms. The molecule has 2 nitrogen and oxygen atoms in total. The van der Waals surface area contributed by atoms with E-state index in [1.807, 2.05) is 12.3 Å². The van der Waals surface area contributed by atoms with Crippen molar-refractivity contribution in [1.82, 2.24) is 4.98 Å². The average molecular weight is 348 g/mol. The molecule has 0 bridgehead atoms. The van der Waals surface area contributed by atoms with Crippen LogP contribution in [0.5, 0.6) is 0 Å². The summed E-state index contributed by atoms with van der Waals surface area (Å²) in [6.45, 7) is 2.04. The van der Waals surface area contributed by atoms with Crippen LogP contribution in [0.15, 0.2) is 29.8 Å². The maximum atomic E-state index is 12.9. The van der Waals surface area contributed by atoms with Crippen LogP contribution in [-0.4, -0.2) is 4.98 Å². The van der Waals surface area contributed by atoms with Crippen molar-refractivity contribution in [2.45, 2.75) is 13.0 Å². The molecule has 2 aromatic rings. The molecule has 0 fully saturated rings. The Morgan fingerprint density at radius 2 is 2.31 bits per heavy atom. The molecule has 1 unspecified atom stereocenters. The van der Waals surface area contributed by atoms with Crippen molar-refractivity contribution in [3.8, 4) is 0 Å². The minimum absolute atomic E-state index is 0.138. The molecule has 1 heterocycles. The van der Waals surface area contributed by atoms with Gasteiger partial charge in [-0.2, -0.15) is 0 Å². The van der Waals surface area contributed by atoms with Crippen molar-refractivity contribution in [2.75, 3.05) is 5.32 Å². The summed E-state index contributed by atoms with van der Waals surface area (Å²) in [5.41, 5.74) is 0.935. The molecule has 2 rings (SSSR count). The van der Waals surface area contributed by atoms with E-state index in [4.69, 9.17) is 0 Å². The first-order valence-corrected chi connectivity index (χ1v) is 6.73. The van der Waals surface area contributed by atoms with Crippen molar-refractivity contribution in [3.05, 3.63) is 44.2 Å². The van der Waals surface area contributed by atoms with Gasteiger partial charge < -0.3 is 5.32 Å². The molecule has 0 saturated heterocycles. The first-order valence-electron chi connectivity index (χ1n) is 4.78. The summed E-state index contributed by atoms with van der Waals surface area (Å²) >= 11 is 3.73. The smallest absolute Gasteiger partial charge is 0.124 e. The van der Waals surface area contributed by atoms with E-state index in [1.165, 1.54) is 12.1 Å². The lowest BCUT2D eigenvalue weighted by atomic mass is 10.2. The highest BCUT2D eigenvalue weighted by atomic mass is 127. The van der Waals surface area contributed by atoms with Crippen LogP contribution < -0.4 is 5.32 Å². The van der Waals surface area contributed by atoms with Gasteiger partial charge in [0.2, 0.25) is 0 Å². The van der Waals surface area contributed by atoms with E-state index in [-0.39, 0.29) is 11.9 Å². The molecule has 1 N–H and O–H groups in total. The molecule has 84 valence electrons. The number of anilines is 1. The third-order valence-corrected chi connectivity index (χ3v) is 3.98. The predicted molar refractivity (Wildman–Crippen MR) is 73.3 cm³/mol. The molecular weight excluding hydrogens is 338 g/mol. The molecule has 1 aromatic carbocycles. The third-order valence-electron chi connectivity index (χ3n) is 2.12. The highest BCUT2D eigenvalue weighted by molar-refractivity contribution is 14.1. The van der Waals surface area contributed by atoms with E-state index in [9.17, 15) is 4.39 Å². The Hall–Kier alpha value is -0.690. The lowest BCUT2D eigenvalue weighted by Gasteiger charge is -2.14. The monoisotopic (exact) mass is 348 g/mol. The predicted octanol–water partition coefficient (Wildman–Crippen LogP) is 4.06. The number of aromatic nitrogens is 1. The number of rotatable bonds is 3. The zero-order valence-corrected chi connectivity index (χ0v) is 11.5. The Balaban J connectivity index is 2.15. The highest BCUT2D eigenvalue weighted by Gasteiger charge is 2.09. The van der Waals surface area contributed by atoms with Gasteiger partial charge in [0.05, 0.1) is 6.04 Å². The molecule has 1 atom stereocenters. The lowest BCUT2D eigenvalue weighted by molar-refractivity contribution is 0.627. The Labute approximate surface area is 111 Å². The van der Waals surface area contributed by atoms with Crippen LogP contribution in [0.3, 0.4) is 0 Å². The first-order chi connectivity index (χ1) is 7.66. The van der Waals surface area contributed by atoms with Gasteiger partial charge >= 0.3 is 0 Å². The fourth-order valence-corrected chi connectivity index (χ4v) is 2.63. The van der Waals surface area contributed by atoms with Crippen molar-refractivity contribution in [3.63, 3.8) is 0 Å². The number of benzene rings is 1. The van der Waals surface area contributed by atoms with Crippen LogP contribution in [0.1, 0.15) is 18.0 Å². The summed E-state index contributed by atoms with van der Waals surface area (Å²) in [5, 5.41) is 6.29. The molecule has 0 saturated carbocycles. The second-order valence-corrected chi connectivity index (χ2v) is 5.45. The minimum atomic E-state index is -0.211. The van der Waals surface area contributed by atoms with E-state index in [1.54, 1.807) is 23.6 Å². The topological polar surface area (TPSA) is 24.9 Å². The van der Waals surface area contributed by atoms with Gasteiger partial charge in [-0.05, 0) is 47.7 Å². The van der Waals surface area contributed by atoms with E-state index >= 15 is 0 Å². The van der Waals surface area contributed by atoms with Crippen LogP contribution in [0.4, 0.5) is 10.1 Å². The molecule has 0 amide bonds. The number of halogens is 2. The Morgan fingerprint density at radius 3 is 2.94 bits per heavy atom. The number of nitrogens with one attached hydrogen (secondary N) is 1. The quantitative estimate of drug-likeness (QED) is 0.847. The van der Waals surface area contributed by atoms with E-state index < -0.39 is 0 Å². The van der Waals surface area contributed by atoms with Gasteiger partial charge in [0.25, 0.3) is 0 Å². The molecule has 5 heteroatoms. The Morgan fingerprint density at radius 1 is 1.50 bits per heavy atom. The molecule has 1 aromatic heterocycles. The van der Waals surface area contributed by atoms with Gasteiger partial charge in [-0.15, -0.1) is 11.3 Å². The fourth-order valence-electron chi connectivity index (χ4n) is 1.35. The van der Waals surface area contributed by atoms with Gasteiger partial charge in [-0.25, -0.2) is 9.37 Å². The van der Waals surface area contributed by atoms with Gasteiger partial charge in [0.1, 0.15) is 10.8 Å². The van der Waals surface area contributed by atoms with Crippen molar-refractivity contribution >= 4 is 39.6 Å². The van der Waals surface area contributed by atoms with Gasteiger partial charge in [-0.1, -0.05) is 0 Å². The largest absolute Gasteiger partial charge is 0.375 e. The van der Waals surface area contributed by atoms with Gasteiger partial charge in [0, 0.05) is 20.8 Å². The summed E-state index contributed by atoms with van der Waals surface area (Å²) in [5.74, 6) is -0.211. The third kappa shape index (κ3) is 2.70. The van der Waals surface area contributed by atoms with Crippen LogP contribution in [0.25, 0.3) is 0 Å². The van der Waals surface area contributed by atoms with Crippen LogP contribution in [0.2, 0.25) is 0 Å². The standard InChI is InChI=1S/C11H10FIN2S/c1-7(11-14-4-5-16-11)15-10-3-2-8(12)6-9(10)13/h2-7,15H,1H3. The summed E-state index contributed by atoms with van der Waals surface area (Å²) in [7, 11) is 0. The zero-order valence-electron chi connectivity index (χ0n) is 8.58. The zero-order chi connectivity index (χ0) is 11.5. The number of thiazole rings is 1. The maximum Gasteiger partial charge on any atom is 0.124 e. The Kier molecular flexibility index (Phi) is 3.75. The van der Waals surface area contributed by atoms with Crippen molar-refractivity contribution < 1.29 is 4.39 Å². The minimum Gasteiger partial charge on any atom is -0.375 e. The average Bonchev–Trinajstić information content (AvgIpc) is 2.75. The van der Waals surface area contributed by atoms with Crippen LogP contribution in [-0.2, 0) is 0 Å². The lowest BCUT2D eigenvalue weighted by Crippen LogP contribution is -2.07. The summed E-state index contributed by atoms with van der Waals surface area (Å²) in [4.78, 5) is 4.24. The molecule has 0 spiro atoms. The van der Waals surface area contributed by atoms with Crippen molar-refractivity contribution in [1.29, 1.82) is 0 Å². The molecule has 0 aliphatic heterocycles. The number of hydrogen-bond donors (Lipinski definition) is 1. The van der Waals surface area contributed by atoms with E-state index in [0.29, 0.717) is 0 Å². The van der Waals surface area contributed by atoms with Crippen molar-refractivity contribution in [2.24, 2.45) is 0 Å². The normalized spacial score (nSPS) is 12.4. The molecular formula is C11H10FIN2S. The van der Waals surface area contributed by atoms with Gasteiger partial charge in [0.15, 0.2) is 0 Å². The molecule has 0 aliphatic rings. The number of hydrogen-bond acceptors (Lipinski definition) is 3. The fraction of sp³-hybridized carbons (Fsp3) is 0.182. The maximum absolute atomic E-state index is 12.9.